The van der Waals surface area contributed by atoms with E-state index in [0.29, 0.717) is 50.6 Å². The molecule has 162 valence electrons. The van der Waals surface area contributed by atoms with E-state index in [9.17, 15) is 13.2 Å². The van der Waals surface area contributed by atoms with Crippen molar-refractivity contribution >= 4 is 16.1 Å². The zero-order chi connectivity index (χ0) is 20.6. The number of nitrogens with one attached hydrogen (secondary N) is 2. The molecule has 0 aromatic carbocycles. The number of aromatic nitrogens is 1. The second-order valence-electron chi connectivity index (χ2n) is 8.43. The predicted octanol–water partition coefficient (Wildman–Crippen LogP) is 1.06. The van der Waals surface area contributed by atoms with Gasteiger partial charge in [-0.05, 0) is 39.0 Å². The van der Waals surface area contributed by atoms with Crippen molar-refractivity contribution in [1.29, 1.82) is 0 Å². The summed E-state index contributed by atoms with van der Waals surface area (Å²) in [5.41, 5.74) is 0.307. The van der Waals surface area contributed by atoms with Crippen LogP contribution in [0.4, 0.5) is 0 Å². The lowest BCUT2D eigenvalue weighted by Crippen LogP contribution is -2.60. The highest BCUT2D eigenvalue weighted by atomic mass is 32.2. The summed E-state index contributed by atoms with van der Waals surface area (Å²) >= 11 is 0. The number of carbonyl (C=O) groups is 1. The van der Waals surface area contributed by atoms with Gasteiger partial charge in [-0.1, -0.05) is 12.1 Å². The number of hydrogen-bond donors (Lipinski definition) is 2. The molecular weight excluding hydrogens is 394 g/mol. The number of piperazine rings is 1. The van der Waals surface area contributed by atoms with Crippen molar-refractivity contribution in [3.8, 4) is 0 Å². The van der Waals surface area contributed by atoms with Crippen LogP contribution in [0.3, 0.4) is 0 Å². The normalized spacial score (nSPS) is 29.7. The van der Waals surface area contributed by atoms with E-state index < -0.39 is 10.2 Å². The first-order valence-electron chi connectivity index (χ1n) is 10.7. The molecule has 2 aliphatic heterocycles. The van der Waals surface area contributed by atoms with Crippen molar-refractivity contribution < 1.29 is 17.7 Å². The molecule has 2 saturated heterocycles. The summed E-state index contributed by atoms with van der Waals surface area (Å²) in [6.07, 6.45) is 4.14. The number of hydrogen-bond acceptors (Lipinski definition) is 6. The maximum atomic E-state index is 13.3. The molecule has 1 saturated carbocycles. The van der Waals surface area contributed by atoms with Crippen molar-refractivity contribution in [1.82, 2.24) is 24.4 Å². The van der Waals surface area contributed by atoms with E-state index in [1.807, 2.05) is 13.8 Å². The Bertz CT molecular complexity index is 837. The maximum Gasteiger partial charge on any atom is 0.282 e. The van der Waals surface area contributed by atoms with E-state index >= 15 is 0 Å². The molecule has 1 aromatic rings. The molecule has 0 radical (unpaired) electrons. The number of piperidine rings is 1. The lowest BCUT2D eigenvalue weighted by Gasteiger charge is -2.42. The quantitative estimate of drug-likeness (QED) is 0.706. The fourth-order valence-corrected chi connectivity index (χ4v) is 6.44. The largest absolute Gasteiger partial charge is 0.360 e. The van der Waals surface area contributed by atoms with Crippen molar-refractivity contribution in [3.63, 3.8) is 0 Å². The molecule has 3 fully saturated rings. The van der Waals surface area contributed by atoms with Crippen LogP contribution in [0.25, 0.3) is 0 Å². The summed E-state index contributed by atoms with van der Waals surface area (Å²) in [7, 11) is -3.51. The Morgan fingerprint density at radius 2 is 2.10 bits per heavy atom. The summed E-state index contributed by atoms with van der Waals surface area (Å²) in [4.78, 5) is 12.5. The Balaban J connectivity index is 1.36. The highest BCUT2D eigenvalue weighted by Gasteiger charge is 2.40. The van der Waals surface area contributed by atoms with Crippen LogP contribution in [-0.4, -0.2) is 72.4 Å². The van der Waals surface area contributed by atoms with Crippen molar-refractivity contribution in [2.24, 2.45) is 0 Å². The van der Waals surface area contributed by atoms with E-state index in [2.05, 4.69) is 15.8 Å². The van der Waals surface area contributed by atoms with Gasteiger partial charge in [0.2, 0.25) is 0 Å². The van der Waals surface area contributed by atoms with E-state index in [0.717, 1.165) is 25.0 Å². The number of rotatable bonds is 6. The number of nitrogens with zero attached hydrogens (tertiary/aromatic N) is 3. The van der Waals surface area contributed by atoms with E-state index in [1.165, 1.54) is 0 Å². The Hall–Kier alpha value is -1.49. The monoisotopic (exact) mass is 425 g/mol. The van der Waals surface area contributed by atoms with E-state index in [1.54, 1.807) is 14.7 Å². The first-order valence-corrected chi connectivity index (χ1v) is 12.1. The zero-order valence-electron chi connectivity index (χ0n) is 17.1. The first kappa shape index (κ1) is 20.8. The van der Waals surface area contributed by atoms with Crippen LogP contribution in [-0.2, 0) is 10.2 Å². The second kappa shape index (κ2) is 8.33. The fraction of sp³-hybridized carbons (Fsp3) is 0.789. The molecule has 3 heterocycles. The van der Waals surface area contributed by atoms with Gasteiger partial charge in [0.05, 0.1) is 0 Å². The Morgan fingerprint density at radius 1 is 1.31 bits per heavy atom. The molecule has 2 N–H and O–H groups in total. The standard InChI is InChI=1S/C19H31N5O4S/c1-3-16-12-20-7-9-24(16)29(26,27)23-8-6-15(10-13(23)2)21-19(25)17-11-18(28-22-17)14-4-5-14/h11,13-16,20H,3-10,12H2,1-2H3,(H,21,25)/t13-,15-,16+/m0/s1. The summed E-state index contributed by atoms with van der Waals surface area (Å²) in [5, 5.41) is 10.2. The topological polar surface area (TPSA) is 108 Å². The SMILES string of the molecule is CC[C@@H]1CNCCN1S(=O)(=O)N1CC[C@H](NC(=O)c2cc(C3CC3)on2)C[C@@H]1C. The molecule has 4 rings (SSSR count). The molecule has 1 aliphatic carbocycles. The van der Waals surface area contributed by atoms with E-state index in [-0.39, 0.29) is 24.0 Å². The van der Waals surface area contributed by atoms with Crippen LogP contribution in [0.2, 0.25) is 0 Å². The number of carbonyl (C=O) groups excluding carboxylic acids is 1. The van der Waals surface area contributed by atoms with Crippen LogP contribution >= 0.6 is 0 Å². The predicted molar refractivity (Wildman–Crippen MR) is 108 cm³/mol. The van der Waals surface area contributed by atoms with Crippen molar-refractivity contribution in [2.75, 3.05) is 26.2 Å². The number of amides is 1. The molecule has 29 heavy (non-hydrogen) atoms. The molecule has 1 aromatic heterocycles. The Kier molecular flexibility index (Phi) is 5.97. The molecule has 0 bridgehead atoms. The minimum absolute atomic E-state index is 0.00814. The summed E-state index contributed by atoms with van der Waals surface area (Å²) in [5.74, 6) is 0.947. The van der Waals surface area contributed by atoms with Gasteiger partial charge in [0, 0.05) is 56.3 Å². The van der Waals surface area contributed by atoms with Crippen LogP contribution < -0.4 is 10.6 Å². The zero-order valence-corrected chi connectivity index (χ0v) is 18.0. The van der Waals surface area contributed by atoms with Gasteiger partial charge in [-0.15, -0.1) is 0 Å². The van der Waals surface area contributed by atoms with Crippen LogP contribution in [0.5, 0.6) is 0 Å². The smallest absolute Gasteiger partial charge is 0.282 e. The third-order valence-corrected chi connectivity index (χ3v) is 8.46. The average molecular weight is 426 g/mol. The third-order valence-electron chi connectivity index (χ3n) is 6.25. The lowest BCUT2D eigenvalue weighted by atomic mass is 10.0. The average Bonchev–Trinajstić information content (AvgIpc) is 3.44. The van der Waals surface area contributed by atoms with Crippen molar-refractivity contribution in [2.45, 2.75) is 70.0 Å². The lowest BCUT2D eigenvalue weighted by molar-refractivity contribution is 0.0902. The van der Waals surface area contributed by atoms with Gasteiger partial charge in [-0.3, -0.25) is 4.79 Å². The molecule has 3 aliphatic rings. The molecular formula is C19H31N5O4S. The van der Waals surface area contributed by atoms with Gasteiger partial charge in [0.25, 0.3) is 16.1 Å². The fourth-order valence-electron chi connectivity index (χ4n) is 4.37. The first-order chi connectivity index (χ1) is 13.9. The van der Waals surface area contributed by atoms with Crippen LogP contribution in [0.15, 0.2) is 10.6 Å². The summed E-state index contributed by atoms with van der Waals surface area (Å²) in [6, 6.07) is 1.47. The minimum Gasteiger partial charge on any atom is -0.360 e. The summed E-state index contributed by atoms with van der Waals surface area (Å²) in [6.45, 7) is 6.21. The second-order valence-corrected chi connectivity index (χ2v) is 10.3. The summed E-state index contributed by atoms with van der Waals surface area (Å²) < 4.78 is 35.0. The van der Waals surface area contributed by atoms with E-state index in [4.69, 9.17) is 4.52 Å². The van der Waals surface area contributed by atoms with Gasteiger partial charge >= 0.3 is 0 Å². The molecule has 1 amide bonds. The highest BCUT2D eigenvalue weighted by molar-refractivity contribution is 7.86. The molecule has 9 nitrogen and oxygen atoms in total. The molecule has 10 heteroatoms. The minimum atomic E-state index is -3.51. The maximum absolute atomic E-state index is 13.3. The Morgan fingerprint density at radius 3 is 2.79 bits per heavy atom. The Labute approximate surface area is 172 Å². The van der Waals surface area contributed by atoms with Gasteiger partial charge in [0.1, 0.15) is 5.76 Å². The molecule has 0 unspecified atom stereocenters. The van der Waals surface area contributed by atoms with Crippen LogP contribution in [0.1, 0.15) is 68.1 Å². The van der Waals surface area contributed by atoms with Crippen molar-refractivity contribution in [3.05, 3.63) is 17.5 Å². The van der Waals surface area contributed by atoms with Crippen LogP contribution in [0, 0.1) is 0 Å². The van der Waals surface area contributed by atoms with Gasteiger partial charge in [-0.25, -0.2) is 0 Å². The molecule has 3 atom stereocenters. The van der Waals surface area contributed by atoms with Gasteiger partial charge in [0.15, 0.2) is 5.69 Å². The molecule has 0 spiro atoms. The third kappa shape index (κ3) is 4.35. The highest BCUT2D eigenvalue weighted by Crippen LogP contribution is 2.40. The van der Waals surface area contributed by atoms with Gasteiger partial charge in [-0.2, -0.15) is 17.0 Å². The van der Waals surface area contributed by atoms with Gasteiger partial charge < -0.3 is 15.2 Å².